The average Bonchev–Trinajstić information content (AvgIpc) is 2.20. The second-order valence-corrected chi connectivity index (χ2v) is 2.96. The molecule has 0 bridgehead atoms. The Morgan fingerprint density at radius 1 is 1.15 bits per heavy atom. The van der Waals surface area contributed by atoms with Crippen molar-refractivity contribution in [2.24, 2.45) is 0 Å². The van der Waals surface area contributed by atoms with E-state index in [0.29, 0.717) is 0 Å². The van der Waals surface area contributed by atoms with E-state index in [4.69, 9.17) is 0 Å². The van der Waals surface area contributed by atoms with E-state index in [1.807, 2.05) is 36.5 Å². The number of rotatable bonds is 1. The maximum Gasteiger partial charge on any atom is 0.0731 e. The topological polar surface area (TPSA) is 12.9 Å². The summed E-state index contributed by atoms with van der Waals surface area (Å²) < 4.78 is 0. The summed E-state index contributed by atoms with van der Waals surface area (Å²) in [6.45, 7) is 2.07. The highest BCUT2D eigenvalue weighted by Gasteiger charge is 1.99. The van der Waals surface area contributed by atoms with Gasteiger partial charge in [-0.15, -0.1) is 0 Å². The van der Waals surface area contributed by atoms with Gasteiger partial charge in [0.05, 0.1) is 5.69 Å². The highest BCUT2D eigenvalue weighted by atomic mass is 14.7. The van der Waals surface area contributed by atoms with E-state index in [0.717, 1.165) is 11.3 Å². The summed E-state index contributed by atoms with van der Waals surface area (Å²) >= 11 is 0. The molecular weight excluding hydrogens is 158 g/mol. The van der Waals surface area contributed by atoms with Crippen LogP contribution in [-0.2, 0) is 0 Å². The van der Waals surface area contributed by atoms with E-state index in [1.165, 1.54) is 5.56 Å². The Balaban J connectivity index is 2.54. The molecule has 0 N–H and O–H groups in total. The molecule has 1 heterocycles. The third-order valence-electron chi connectivity index (χ3n) is 2.00. The van der Waals surface area contributed by atoms with Gasteiger partial charge in [0.25, 0.3) is 0 Å². The summed E-state index contributed by atoms with van der Waals surface area (Å²) in [4.78, 5) is 4.33. The molecule has 63 valence electrons. The van der Waals surface area contributed by atoms with Gasteiger partial charge in [-0.1, -0.05) is 30.3 Å². The molecule has 0 atom stereocenters. The van der Waals surface area contributed by atoms with Crippen LogP contribution in [0.1, 0.15) is 5.56 Å². The van der Waals surface area contributed by atoms with Gasteiger partial charge in [0, 0.05) is 11.8 Å². The van der Waals surface area contributed by atoms with Crippen LogP contribution in [0.3, 0.4) is 0 Å². The second kappa shape index (κ2) is 3.40. The first-order valence-electron chi connectivity index (χ1n) is 4.26. The number of pyridine rings is 1. The van der Waals surface area contributed by atoms with Gasteiger partial charge in [-0.3, -0.25) is 4.98 Å². The first-order valence-corrected chi connectivity index (χ1v) is 4.26. The van der Waals surface area contributed by atoms with Crippen LogP contribution in [0.2, 0.25) is 0 Å². The average molecular weight is 168 g/mol. The molecule has 0 fully saturated rings. The highest BCUT2D eigenvalue weighted by molar-refractivity contribution is 5.62. The zero-order chi connectivity index (χ0) is 9.10. The van der Waals surface area contributed by atoms with Crippen molar-refractivity contribution in [1.82, 2.24) is 4.98 Å². The predicted molar refractivity (Wildman–Crippen MR) is 53.2 cm³/mol. The number of hydrogen-bond acceptors (Lipinski definition) is 1. The number of aryl methyl sites for hydroxylation is 1. The fourth-order valence-corrected chi connectivity index (χ4v) is 1.33. The fourth-order valence-electron chi connectivity index (χ4n) is 1.33. The van der Waals surface area contributed by atoms with Gasteiger partial charge in [-0.05, 0) is 24.6 Å². The lowest BCUT2D eigenvalue weighted by atomic mass is 10.1. The lowest BCUT2D eigenvalue weighted by Gasteiger charge is -2.02. The van der Waals surface area contributed by atoms with Crippen molar-refractivity contribution in [3.63, 3.8) is 0 Å². The van der Waals surface area contributed by atoms with Crippen LogP contribution in [0.5, 0.6) is 0 Å². The van der Waals surface area contributed by atoms with Crippen molar-refractivity contribution in [2.75, 3.05) is 0 Å². The molecule has 0 saturated heterocycles. The van der Waals surface area contributed by atoms with Gasteiger partial charge in [-0.2, -0.15) is 0 Å². The lowest BCUT2D eigenvalue weighted by Crippen LogP contribution is -1.85. The Kier molecular flexibility index (Phi) is 2.09. The minimum Gasteiger partial charge on any atom is -0.256 e. The van der Waals surface area contributed by atoms with Gasteiger partial charge < -0.3 is 0 Å². The van der Waals surface area contributed by atoms with Crippen molar-refractivity contribution in [3.05, 3.63) is 54.2 Å². The van der Waals surface area contributed by atoms with E-state index in [-0.39, 0.29) is 0 Å². The molecule has 2 aromatic rings. The Bertz CT molecular complexity index is 393. The maximum atomic E-state index is 4.33. The normalized spacial score (nSPS) is 9.92. The molecule has 13 heavy (non-hydrogen) atoms. The third kappa shape index (κ3) is 1.59. The number of benzene rings is 1. The molecule has 1 heteroatoms. The van der Waals surface area contributed by atoms with Crippen molar-refractivity contribution >= 4 is 0 Å². The summed E-state index contributed by atoms with van der Waals surface area (Å²) in [6, 6.07) is 14.9. The van der Waals surface area contributed by atoms with Gasteiger partial charge >= 0.3 is 0 Å². The van der Waals surface area contributed by atoms with Crippen molar-refractivity contribution < 1.29 is 0 Å². The van der Waals surface area contributed by atoms with Crippen LogP contribution in [-0.4, -0.2) is 4.98 Å². The minimum absolute atomic E-state index is 1.05. The first kappa shape index (κ1) is 7.99. The zero-order valence-corrected chi connectivity index (χ0v) is 7.49. The van der Waals surface area contributed by atoms with E-state index < -0.39 is 0 Å². The lowest BCUT2D eigenvalue weighted by molar-refractivity contribution is 1.27. The van der Waals surface area contributed by atoms with E-state index >= 15 is 0 Å². The van der Waals surface area contributed by atoms with Gasteiger partial charge in [0.15, 0.2) is 0 Å². The van der Waals surface area contributed by atoms with Crippen LogP contribution in [0.15, 0.2) is 42.6 Å². The first-order chi connectivity index (χ1) is 6.38. The van der Waals surface area contributed by atoms with Crippen molar-refractivity contribution in [1.29, 1.82) is 0 Å². The third-order valence-corrected chi connectivity index (χ3v) is 2.00. The second-order valence-electron chi connectivity index (χ2n) is 2.96. The number of nitrogens with zero attached hydrogens (tertiary/aromatic N) is 1. The van der Waals surface area contributed by atoms with Crippen molar-refractivity contribution in [3.8, 4) is 11.3 Å². The van der Waals surface area contributed by atoms with E-state index in [2.05, 4.69) is 24.0 Å². The quantitative estimate of drug-likeness (QED) is 0.638. The molecule has 1 aromatic heterocycles. The smallest absolute Gasteiger partial charge is 0.0731 e. The SMILES string of the molecule is Cc1cccnc1-c1cc[c]cc1. The molecule has 0 unspecified atom stereocenters. The molecule has 0 aliphatic rings. The Hall–Kier alpha value is -1.63. The molecular formula is C12H10N. The number of hydrogen-bond donors (Lipinski definition) is 0. The molecule has 0 aliphatic carbocycles. The zero-order valence-electron chi connectivity index (χ0n) is 7.49. The maximum absolute atomic E-state index is 4.33. The highest BCUT2D eigenvalue weighted by Crippen LogP contribution is 2.18. The van der Waals surface area contributed by atoms with Crippen LogP contribution >= 0.6 is 0 Å². The van der Waals surface area contributed by atoms with Crippen LogP contribution in [0.25, 0.3) is 11.3 Å². The van der Waals surface area contributed by atoms with Gasteiger partial charge in [-0.25, -0.2) is 0 Å². The summed E-state index contributed by atoms with van der Waals surface area (Å²) in [5.41, 5.74) is 3.40. The Morgan fingerprint density at radius 3 is 2.62 bits per heavy atom. The molecule has 0 aliphatic heterocycles. The van der Waals surface area contributed by atoms with Gasteiger partial charge in [0.2, 0.25) is 0 Å². The standard InChI is InChI=1S/C12H10N/c1-10-6-5-9-13-12(10)11-7-3-2-4-8-11/h3-9H,1H3. The largest absolute Gasteiger partial charge is 0.256 e. The molecule has 1 nitrogen and oxygen atoms in total. The minimum atomic E-state index is 1.05. The molecule has 1 aromatic carbocycles. The van der Waals surface area contributed by atoms with E-state index in [9.17, 15) is 0 Å². The summed E-state index contributed by atoms with van der Waals surface area (Å²) in [6.07, 6.45) is 1.82. The molecule has 0 saturated carbocycles. The Labute approximate surface area is 78.1 Å². The van der Waals surface area contributed by atoms with Crippen molar-refractivity contribution in [2.45, 2.75) is 6.92 Å². The fraction of sp³-hybridized carbons (Fsp3) is 0.0833. The predicted octanol–water partition coefficient (Wildman–Crippen LogP) is 2.86. The molecule has 1 radical (unpaired) electrons. The summed E-state index contributed by atoms with van der Waals surface area (Å²) in [7, 11) is 0. The molecule has 0 spiro atoms. The summed E-state index contributed by atoms with van der Waals surface area (Å²) in [5, 5.41) is 0. The van der Waals surface area contributed by atoms with Crippen LogP contribution in [0, 0.1) is 13.0 Å². The van der Waals surface area contributed by atoms with Gasteiger partial charge in [0.1, 0.15) is 0 Å². The van der Waals surface area contributed by atoms with E-state index in [1.54, 1.807) is 0 Å². The van der Waals surface area contributed by atoms with Crippen LogP contribution in [0.4, 0.5) is 0 Å². The monoisotopic (exact) mass is 168 g/mol. The summed E-state index contributed by atoms with van der Waals surface area (Å²) in [5.74, 6) is 0. The molecule has 0 amide bonds. The number of aromatic nitrogens is 1. The molecule has 2 rings (SSSR count). The Morgan fingerprint density at radius 2 is 1.92 bits per heavy atom. The van der Waals surface area contributed by atoms with Crippen LogP contribution < -0.4 is 0 Å².